The van der Waals surface area contributed by atoms with Crippen molar-refractivity contribution >= 4 is 28.8 Å². The lowest BCUT2D eigenvalue weighted by Crippen LogP contribution is -2.04. The van der Waals surface area contributed by atoms with Gasteiger partial charge in [-0.05, 0) is 29.2 Å². The van der Waals surface area contributed by atoms with Crippen molar-refractivity contribution < 1.29 is 0 Å². The maximum atomic E-state index is 5.13. The first kappa shape index (κ1) is 9.44. The second kappa shape index (κ2) is 5.24. The molecule has 0 saturated heterocycles. The van der Waals surface area contributed by atoms with Crippen molar-refractivity contribution in [2.24, 2.45) is 5.92 Å². The van der Waals surface area contributed by atoms with Crippen LogP contribution < -0.4 is 0 Å². The van der Waals surface area contributed by atoms with Gasteiger partial charge in [-0.15, -0.1) is 0 Å². The molecule has 0 unspecified atom stereocenters. The lowest BCUT2D eigenvalue weighted by molar-refractivity contribution is 0.879. The minimum Gasteiger partial charge on any atom is -0.165 e. The standard InChI is InChI=1S/C7H14S2/c1-6(2)7(8)4-5-9-3/h6H,4-5H2,1-3H3. The average molecular weight is 162 g/mol. The molecule has 0 bridgehead atoms. The van der Waals surface area contributed by atoms with Crippen LogP contribution >= 0.6 is 24.0 Å². The summed E-state index contributed by atoms with van der Waals surface area (Å²) in [4.78, 5) is 1.21. The molecule has 0 aliphatic heterocycles. The number of hydrogen-bond acceptors (Lipinski definition) is 2. The van der Waals surface area contributed by atoms with Gasteiger partial charge < -0.3 is 0 Å². The highest BCUT2D eigenvalue weighted by atomic mass is 32.2. The van der Waals surface area contributed by atoms with E-state index in [1.54, 1.807) is 0 Å². The summed E-state index contributed by atoms with van der Waals surface area (Å²) in [6.45, 7) is 4.31. The van der Waals surface area contributed by atoms with Crippen LogP contribution in [0.1, 0.15) is 20.3 Å². The van der Waals surface area contributed by atoms with Crippen LogP contribution in [0.2, 0.25) is 0 Å². The van der Waals surface area contributed by atoms with Crippen LogP contribution in [0, 0.1) is 5.92 Å². The fraction of sp³-hybridized carbons (Fsp3) is 0.857. The molecule has 0 aromatic carbocycles. The van der Waals surface area contributed by atoms with Crippen molar-refractivity contribution in [2.75, 3.05) is 12.0 Å². The van der Waals surface area contributed by atoms with E-state index in [0.717, 1.165) is 6.42 Å². The van der Waals surface area contributed by atoms with E-state index in [4.69, 9.17) is 12.2 Å². The van der Waals surface area contributed by atoms with E-state index >= 15 is 0 Å². The predicted molar refractivity (Wildman–Crippen MR) is 50.4 cm³/mol. The lowest BCUT2D eigenvalue weighted by Gasteiger charge is -2.04. The molecule has 0 nitrogen and oxygen atoms in total. The van der Waals surface area contributed by atoms with Crippen LogP contribution in [-0.4, -0.2) is 16.9 Å². The van der Waals surface area contributed by atoms with Gasteiger partial charge in [0.15, 0.2) is 0 Å². The molecule has 9 heavy (non-hydrogen) atoms. The van der Waals surface area contributed by atoms with Crippen molar-refractivity contribution in [2.45, 2.75) is 20.3 Å². The highest BCUT2D eigenvalue weighted by Crippen LogP contribution is 2.05. The Labute approximate surface area is 67.4 Å². The zero-order valence-electron chi connectivity index (χ0n) is 6.31. The smallest absolute Gasteiger partial charge is 0.00247 e. The van der Waals surface area contributed by atoms with E-state index in [2.05, 4.69) is 20.1 Å². The second-order valence-electron chi connectivity index (χ2n) is 2.36. The molecule has 0 saturated carbocycles. The molecule has 0 radical (unpaired) electrons. The molecule has 0 fully saturated rings. The molecule has 0 atom stereocenters. The van der Waals surface area contributed by atoms with E-state index in [9.17, 15) is 0 Å². The summed E-state index contributed by atoms with van der Waals surface area (Å²) in [6, 6.07) is 0. The zero-order valence-corrected chi connectivity index (χ0v) is 7.94. The van der Waals surface area contributed by atoms with Crippen molar-refractivity contribution in [1.82, 2.24) is 0 Å². The van der Waals surface area contributed by atoms with Gasteiger partial charge in [-0.3, -0.25) is 0 Å². The van der Waals surface area contributed by atoms with Crippen LogP contribution in [-0.2, 0) is 0 Å². The highest BCUT2D eigenvalue weighted by molar-refractivity contribution is 7.98. The molecule has 0 aromatic rings. The minimum absolute atomic E-state index is 0.590. The van der Waals surface area contributed by atoms with Crippen molar-refractivity contribution in [1.29, 1.82) is 0 Å². The number of rotatable bonds is 4. The first-order valence-electron chi connectivity index (χ1n) is 3.20. The Morgan fingerprint density at radius 3 is 2.44 bits per heavy atom. The molecule has 2 heteroatoms. The van der Waals surface area contributed by atoms with Gasteiger partial charge in [-0.1, -0.05) is 26.1 Å². The van der Waals surface area contributed by atoms with Crippen LogP contribution in [0.4, 0.5) is 0 Å². The van der Waals surface area contributed by atoms with Gasteiger partial charge in [0.25, 0.3) is 0 Å². The quantitative estimate of drug-likeness (QED) is 0.583. The van der Waals surface area contributed by atoms with Gasteiger partial charge >= 0.3 is 0 Å². The van der Waals surface area contributed by atoms with E-state index in [1.807, 2.05) is 11.8 Å². The number of thiocarbonyl (C=S) groups is 1. The van der Waals surface area contributed by atoms with Gasteiger partial charge in [0.2, 0.25) is 0 Å². The van der Waals surface area contributed by atoms with Crippen molar-refractivity contribution in [3.8, 4) is 0 Å². The maximum Gasteiger partial charge on any atom is -0.00247 e. The molecule has 0 heterocycles. The Morgan fingerprint density at radius 2 is 2.11 bits per heavy atom. The Hall–Kier alpha value is 0.440. The van der Waals surface area contributed by atoms with Gasteiger partial charge in [0.1, 0.15) is 0 Å². The molecule has 0 rings (SSSR count). The third-order valence-electron chi connectivity index (χ3n) is 1.20. The third kappa shape index (κ3) is 4.91. The van der Waals surface area contributed by atoms with Crippen molar-refractivity contribution in [3.63, 3.8) is 0 Å². The first-order valence-corrected chi connectivity index (χ1v) is 5.00. The molecule has 0 amide bonds. The topological polar surface area (TPSA) is 0 Å². The zero-order chi connectivity index (χ0) is 7.28. The second-order valence-corrected chi connectivity index (χ2v) is 3.87. The van der Waals surface area contributed by atoms with E-state index < -0.39 is 0 Å². The largest absolute Gasteiger partial charge is 0.165 e. The summed E-state index contributed by atoms with van der Waals surface area (Å²) in [5.74, 6) is 1.77. The van der Waals surface area contributed by atoms with Gasteiger partial charge in [0, 0.05) is 0 Å². The van der Waals surface area contributed by atoms with Gasteiger partial charge in [-0.2, -0.15) is 11.8 Å². The molecule has 0 aliphatic carbocycles. The highest BCUT2D eigenvalue weighted by Gasteiger charge is 1.99. The van der Waals surface area contributed by atoms with Crippen LogP contribution in [0.15, 0.2) is 0 Å². The minimum atomic E-state index is 0.590. The Morgan fingerprint density at radius 1 is 1.56 bits per heavy atom. The molecule has 0 N–H and O–H groups in total. The molecule has 0 aromatic heterocycles. The van der Waals surface area contributed by atoms with E-state index in [1.165, 1.54) is 10.6 Å². The summed E-state index contributed by atoms with van der Waals surface area (Å²) < 4.78 is 0. The average Bonchev–Trinajstić information content (AvgIpc) is 1.82. The third-order valence-corrected chi connectivity index (χ3v) is 2.48. The Balaban J connectivity index is 3.28. The molecule has 0 aliphatic rings. The van der Waals surface area contributed by atoms with Gasteiger partial charge in [-0.25, -0.2) is 0 Å². The molecular weight excluding hydrogens is 148 g/mol. The fourth-order valence-electron chi connectivity index (χ4n) is 0.491. The lowest BCUT2D eigenvalue weighted by atomic mass is 10.1. The van der Waals surface area contributed by atoms with E-state index in [-0.39, 0.29) is 0 Å². The summed E-state index contributed by atoms with van der Waals surface area (Å²) in [7, 11) is 0. The summed E-state index contributed by atoms with van der Waals surface area (Å²) in [6.07, 6.45) is 3.22. The Bertz CT molecular complexity index is 86.9. The van der Waals surface area contributed by atoms with E-state index in [0.29, 0.717) is 5.92 Å². The van der Waals surface area contributed by atoms with Crippen LogP contribution in [0.3, 0.4) is 0 Å². The molecule has 0 spiro atoms. The summed E-state index contributed by atoms with van der Waals surface area (Å²) >= 11 is 6.99. The predicted octanol–water partition coefficient (Wildman–Crippen LogP) is 2.77. The van der Waals surface area contributed by atoms with Crippen LogP contribution in [0.5, 0.6) is 0 Å². The normalized spacial score (nSPS) is 10.2. The Kier molecular flexibility index (Phi) is 5.50. The monoisotopic (exact) mass is 162 g/mol. The maximum absolute atomic E-state index is 5.13. The van der Waals surface area contributed by atoms with Crippen molar-refractivity contribution in [3.05, 3.63) is 0 Å². The number of thioether (sulfide) groups is 1. The molecular formula is C7H14S2. The number of hydrogen-bond donors (Lipinski definition) is 0. The summed E-state index contributed by atoms with van der Waals surface area (Å²) in [5, 5.41) is 0. The fourth-order valence-corrected chi connectivity index (χ4v) is 1.15. The van der Waals surface area contributed by atoms with Crippen LogP contribution in [0.25, 0.3) is 0 Å². The SMILES string of the molecule is CSCCC(=S)C(C)C. The first-order chi connectivity index (χ1) is 4.18. The molecule has 54 valence electrons. The van der Waals surface area contributed by atoms with Gasteiger partial charge in [0.05, 0.1) is 0 Å². The summed E-state index contributed by atoms with van der Waals surface area (Å²) in [5.41, 5.74) is 0.